The smallest absolute Gasteiger partial charge is 0.246 e. The first kappa shape index (κ1) is 18.4. The number of hydrogen-bond acceptors (Lipinski definition) is 4. The number of carbonyl (C=O) groups is 1. The van der Waals surface area contributed by atoms with Crippen LogP contribution in [-0.2, 0) is 14.9 Å². The van der Waals surface area contributed by atoms with Gasteiger partial charge in [-0.25, -0.2) is 0 Å². The van der Waals surface area contributed by atoms with Crippen LogP contribution in [0.1, 0.15) is 36.4 Å². The van der Waals surface area contributed by atoms with Gasteiger partial charge >= 0.3 is 0 Å². The molecule has 138 valence electrons. The molecule has 1 atom stereocenters. The van der Waals surface area contributed by atoms with Gasteiger partial charge in [0.2, 0.25) is 5.91 Å². The monoisotopic (exact) mass is 345 g/mol. The van der Waals surface area contributed by atoms with Crippen molar-refractivity contribution in [2.45, 2.75) is 30.7 Å². The summed E-state index contributed by atoms with van der Waals surface area (Å²) in [6.45, 7) is 4.66. The van der Waals surface area contributed by atoms with Crippen LogP contribution in [0.4, 0.5) is 0 Å². The summed E-state index contributed by atoms with van der Waals surface area (Å²) in [4.78, 5) is 16.9. The highest BCUT2D eigenvalue weighted by molar-refractivity contribution is 5.78. The van der Waals surface area contributed by atoms with Crippen molar-refractivity contribution in [1.29, 1.82) is 0 Å². The zero-order valence-corrected chi connectivity index (χ0v) is 15.8. The van der Waals surface area contributed by atoms with Gasteiger partial charge in [0.1, 0.15) is 6.61 Å². The predicted molar refractivity (Wildman–Crippen MR) is 99.7 cm³/mol. The Kier molecular flexibility index (Phi) is 5.77. The molecule has 1 fully saturated rings. The Morgan fingerprint density at radius 2 is 2.04 bits per heavy atom. The molecule has 1 spiro atoms. The molecule has 1 aromatic rings. The minimum Gasteiger partial charge on any atom is -0.375 e. The van der Waals surface area contributed by atoms with Crippen molar-refractivity contribution in [2.75, 3.05) is 54.0 Å². The lowest BCUT2D eigenvalue weighted by Crippen LogP contribution is -2.44. The van der Waals surface area contributed by atoms with E-state index in [1.165, 1.54) is 24.0 Å². The highest BCUT2D eigenvalue weighted by Gasteiger charge is 2.45. The number of fused-ring (bicyclic) bond motifs is 2. The zero-order chi connectivity index (χ0) is 17.9. The molecule has 0 saturated carbocycles. The van der Waals surface area contributed by atoms with Crippen LogP contribution in [0.3, 0.4) is 0 Å². The van der Waals surface area contributed by atoms with Crippen LogP contribution in [-0.4, -0.2) is 69.7 Å². The molecule has 3 rings (SSSR count). The summed E-state index contributed by atoms with van der Waals surface area (Å²) in [6, 6.07) is 8.79. The quantitative estimate of drug-likeness (QED) is 0.854. The first-order valence-corrected chi connectivity index (χ1v) is 9.29. The van der Waals surface area contributed by atoms with Gasteiger partial charge in [-0.3, -0.25) is 4.79 Å². The first-order chi connectivity index (χ1) is 12.0. The Hall–Kier alpha value is -1.43. The SMILES string of the molecule is COCC(=O)NC1CC2(CCN(CCN(C)C)CC2)c2ccccc21. The number of methoxy groups -OCH3 is 1. The molecule has 1 unspecified atom stereocenters. The van der Waals surface area contributed by atoms with Crippen molar-refractivity contribution in [1.82, 2.24) is 15.1 Å². The average molecular weight is 345 g/mol. The number of carbonyl (C=O) groups excluding carboxylic acids is 1. The van der Waals surface area contributed by atoms with E-state index in [-0.39, 0.29) is 24.0 Å². The van der Waals surface area contributed by atoms with E-state index in [0.717, 1.165) is 32.6 Å². The van der Waals surface area contributed by atoms with E-state index in [2.05, 4.69) is 53.5 Å². The number of rotatable bonds is 6. The van der Waals surface area contributed by atoms with Crippen molar-refractivity contribution in [3.05, 3.63) is 35.4 Å². The number of ether oxygens (including phenoxy) is 1. The second-order valence-electron chi connectivity index (χ2n) is 7.77. The topological polar surface area (TPSA) is 44.8 Å². The lowest BCUT2D eigenvalue weighted by Gasteiger charge is -2.40. The maximum absolute atomic E-state index is 12.0. The second kappa shape index (κ2) is 7.85. The normalized spacial score (nSPS) is 22.3. The van der Waals surface area contributed by atoms with E-state index < -0.39 is 0 Å². The van der Waals surface area contributed by atoms with Gasteiger partial charge in [0, 0.05) is 25.6 Å². The third-order valence-corrected chi connectivity index (χ3v) is 5.79. The molecule has 0 radical (unpaired) electrons. The second-order valence-corrected chi connectivity index (χ2v) is 7.77. The Morgan fingerprint density at radius 1 is 1.32 bits per heavy atom. The maximum atomic E-state index is 12.0. The number of amides is 1. The zero-order valence-electron chi connectivity index (χ0n) is 15.8. The molecule has 1 saturated heterocycles. The Bertz CT molecular complexity index is 594. The molecule has 1 N–H and O–H groups in total. The van der Waals surface area contributed by atoms with Crippen LogP contribution in [0, 0.1) is 0 Å². The summed E-state index contributed by atoms with van der Waals surface area (Å²) < 4.78 is 4.98. The lowest BCUT2D eigenvalue weighted by molar-refractivity contribution is -0.125. The van der Waals surface area contributed by atoms with E-state index in [1.54, 1.807) is 7.11 Å². The lowest BCUT2D eigenvalue weighted by atomic mass is 9.73. The average Bonchev–Trinajstić information content (AvgIpc) is 2.88. The Morgan fingerprint density at radius 3 is 2.72 bits per heavy atom. The van der Waals surface area contributed by atoms with Crippen molar-refractivity contribution >= 4 is 5.91 Å². The number of hydrogen-bond donors (Lipinski definition) is 1. The summed E-state index contributed by atoms with van der Waals surface area (Å²) in [5.41, 5.74) is 2.97. The van der Waals surface area contributed by atoms with E-state index in [1.807, 2.05) is 0 Å². The van der Waals surface area contributed by atoms with Gasteiger partial charge in [0.15, 0.2) is 0 Å². The van der Waals surface area contributed by atoms with Crippen LogP contribution < -0.4 is 5.32 Å². The minimum atomic E-state index is -0.0252. The Balaban J connectivity index is 1.70. The molecule has 0 bridgehead atoms. The summed E-state index contributed by atoms with van der Waals surface area (Å²) >= 11 is 0. The van der Waals surface area contributed by atoms with Crippen molar-refractivity contribution in [3.8, 4) is 0 Å². The van der Waals surface area contributed by atoms with Gasteiger partial charge < -0.3 is 19.9 Å². The van der Waals surface area contributed by atoms with Gasteiger partial charge in [-0.2, -0.15) is 0 Å². The molecular weight excluding hydrogens is 314 g/mol. The van der Waals surface area contributed by atoms with E-state index in [0.29, 0.717) is 0 Å². The largest absolute Gasteiger partial charge is 0.375 e. The highest BCUT2D eigenvalue weighted by atomic mass is 16.5. The molecule has 1 heterocycles. The summed E-state index contributed by atoms with van der Waals surface area (Å²) in [5, 5.41) is 3.17. The molecule has 2 aliphatic rings. The van der Waals surface area contributed by atoms with Gasteiger partial charge in [0.05, 0.1) is 6.04 Å². The molecule has 5 heteroatoms. The maximum Gasteiger partial charge on any atom is 0.246 e. The van der Waals surface area contributed by atoms with Gasteiger partial charge in [-0.1, -0.05) is 24.3 Å². The Labute approximate surface area is 151 Å². The number of nitrogens with one attached hydrogen (secondary N) is 1. The number of likely N-dealkylation sites (N-methyl/N-ethyl adjacent to an activating group) is 1. The third-order valence-electron chi connectivity index (χ3n) is 5.79. The van der Waals surface area contributed by atoms with Crippen LogP contribution in [0.15, 0.2) is 24.3 Å². The molecule has 1 aliphatic carbocycles. The fourth-order valence-corrected chi connectivity index (χ4v) is 4.41. The minimum absolute atomic E-state index is 0.0252. The molecule has 1 aromatic carbocycles. The van der Waals surface area contributed by atoms with E-state index in [9.17, 15) is 4.79 Å². The fourth-order valence-electron chi connectivity index (χ4n) is 4.41. The molecule has 5 nitrogen and oxygen atoms in total. The number of piperidine rings is 1. The molecular formula is C20H31N3O2. The summed E-state index contributed by atoms with van der Waals surface area (Å²) in [7, 11) is 5.82. The summed E-state index contributed by atoms with van der Waals surface area (Å²) in [5.74, 6) is -0.0252. The van der Waals surface area contributed by atoms with Gasteiger partial charge in [-0.05, 0) is 57.6 Å². The standard InChI is InChI=1S/C20H31N3O2/c1-22(2)12-13-23-10-8-20(9-11-23)14-18(21-19(24)15-25-3)16-6-4-5-7-17(16)20/h4-7,18H,8-15H2,1-3H3,(H,21,24). The van der Waals surface area contributed by atoms with Crippen LogP contribution in [0.25, 0.3) is 0 Å². The van der Waals surface area contributed by atoms with Crippen molar-refractivity contribution in [3.63, 3.8) is 0 Å². The third kappa shape index (κ3) is 4.05. The van der Waals surface area contributed by atoms with E-state index >= 15 is 0 Å². The molecule has 25 heavy (non-hydrogen) atoms. The molecule has 1 aliphatic heterocycles. The number of nitrogens with zero attached hydrogens (tertiary/aromatic N) is 2. The van der Waals surface area contributed by atoms with Crippen LogP contribution >= 0.6 is 0 Å². The first-order valence-electron chi connectivity index (χ1n) is 9.29. The molecule has 1 amide bonds. The van der Waals surface area contributed by atoms with Gasteiger partial charge in [0.25, 0.3) is 0 Å². The van der Waals surface area contributed by atoms with E-state index in [4.69, 9.17) is 4.74 Å². The number of benzene rings is 1. The van der Waals surface area contributed by atoms with Gasteiger partial charge in [-0.15, -0.1) is 0 Å². The fraction of sp³-hybridized carbons (Fsp3) is 0.650. The van der Waals surface area contributed by atoms with Crippen molar-refractivity contribution in [2.24, 2.45) is 0 Å². The van der Waals surface area contributed by atoms with Crippen LogP contribution in [0.5, 0.6) is 0 Å². The predicted octanol–water partition coefficient (Wildman–Crippen LogP) is 1.79. The van der Waals surface area contributed by atoms with Crippen molar-refractivity contribution < 1.29 is 9.53 Å². The number of likely N-dealkylation sites (tertiary alicyclic amines) is 1. The van der Waals surface area contributed by atoms with Crippen LogP contribution in [0.2, 0.25) is 0 Å². The molecule has 0 aromatic heterocycles. The highest BCUT2D eigenvalue weighted by Crippen LogP contribution is 2.50. The summed E-state index contributed by atoms with van der Waals surface area (Å²) in [6.07, 6.45) is 3.37.